The van der Waals surface area contributed by atoms with Gasteiger partial charge in [-0.3, -0.25) is 9.00 Å². The van der Waals surface area contributed by atoms with Crippen molar-refractivity contribution in [3.63, 3.8) is 0 Å². The van der Waals surface area contributed by atoms with Crippen molar-refractivity contribution in [3.8, 4) is 6.07 Å². The predicted octanol–water partition coefficient (Wildman–Crippen LogP) is 3.73. The van der Waals surface area contributed by atoms with Crippen molar-refractivity contribution in [1.82, 2.24) is 14.9 Å². The fourth-order valence-electron chi connectivity index (χ4n) is 4.30. The lowest BCUT2D eigenvalue weighted by molar-refractivity contribution is 0.101. The molecule has 0 bridgehead atoms. The Kier molecular flexibility index (Phi) is 7.11. The third-order valence-corrected chi connectivity index (χ3v) is 7.82. The van der Waals surface area contributed by atoms with Crippen LogP contribution < -0.4 is 5.32 Å². The lowest BCUT2D eigenvalue weighted by atomic mass is 9.76. The molecule has 1 amide bonds. The molecule has 2 aliphatic rings. The van der Waals surface area contributed by atoms with Crippen LogP contribution >= 0.6 is 0 Å². The van der Waals surface area contributed by atoms with Gasteiger partial charge in [0.15, 0.2) is 5.82 Å². The number of carbonyl (C=O) groups excluding carboxylic acids is 1. The fourth-order valence-corrected chi connectivity index (χ4v) is 5.43. The van der Waals surface area contributed by atoms with Crippen molar-refractivity contribution >= 4 is 28.0 Å². The number of imidazole rings is 1. The Morgan fingerprint density at radius 1 is 1.33 bits per heavy atom. The zero-order valence-electron chi connectivity index (χ0n) is 19.3. The minimum Gasteiger partial charge on any atom is -0.326 e. The molecule has 2 aromatic rings. The van der Waals surface area contributed by atoms with Gasteiger partial charge < -0.3 is 15.2 Å². The number of rotatable bonds is 6. The number of allylic oxidation sites excluding steroid dienone is 2. The molecule has 1 aliphatic heterocycles. The summed E-state index contributed by atoms with van der Waals surface area (Å²) in [5.41, 5.74) is 4.86. The number of aromatic amines is 1. The maximum absolute atomic E-state index is 12.8. The van der Waals surface area contributed by atoms with E-state index < -0.39 is 10.8 Å². The van der Waals surface area contributed by atoms with E-state index in [2.05, 4.69) is 52.2 Å². The summed E-state index contributed by atoms with van der Waals surface area (Å²) in [4.78, 5) is 21.9. The molecule has 1 aromatic carbocycles. The normalized spacial score (nSPS) is 19.0. The number of hydrogen-bond acceptors (Lipinski definition) is 5. The quantitative estimate of drug-likeness (QED) is 0.677. The van der Waals surface area contributed by atoms with Crippen LogP contribution in [0.4, 0.5) is 5.69 Å². The van der Waals surface area contributed by atoms with Gasteiger partial charge in [-0.25, -0.2) is 4.98 Å². The molecule has 0 saturated carbocycles. The van der Waals surface area contributed by atoms with Crippen molar-refractivity contribution < 1.29 is 9.00 Å². The summed E-state index contributed by atoms with van der Waals surface area (Å²) in [5, 5.41) is 12.0. The van der Waals surface area contributed by atoms with Crippen LogP contribution in [0, 0.1) is 16.7 Å². The molecule has 0 radical (unpaired) electrons. The van der Waals surface area contributed by atoms with Gasteiger partial charge in [0.25, 0.3) is 5.91 Å². The predicted molar refractivity (Wildman–Crippen MR) is 131 cm³/mol. The van der Waals surface area contributed by atoms with Crippen molar-refractivity contribution in [2.45, 2.75) is 39.5 Å². The second-order valence-corrected chi connectivity index (χ2v) is 11.3. The molecule has 8 heteroatoms. The second-order valence-electron chi connectivity index (χ2n) is 9.63. The highest BCUT2D eigenvalue weighted by atomic mass is 32.2. The van der Waals surface area contributed by atoms with Crippen LogP contribution in [-0.4, -0.2) is 56.1 Å². The molecule has 0 unspecified atom stereocenters. The number of nitrogens with one attached hydrogen (secondary N) is 2. The van der Waals surface area contributed by atoms with Crippen LogP contribution in [-0.2, 0) is 17.2 Å². The molecule has 1 fully saturated rings. The van der Waals surface area contributed by atoms with E-state index in [0.29, 0.717) is 5.41 Å². The third-order valence-electron chi connectivity index (χ3n) is 6.55. The number of aromatic nitrogens is 2. The highest BCUT2D eigenvalue weighted by molar-refractivity contribution is 7.85. The molecule has 1 aromatic heterocycles. The second kappa shape index (κ2) is 10.0. The van der Waals surface area contributed by atoms with Gasteiger partial charge in [-0.1, -0.05) is 26.0 Å². The summed E-state index contributed by atoms with van der Waals surface area (Å²) >= 11 is 0. The van der Waals surface area contributed by atoms with E-state index in [0.717, 1.165) is 68.1 Å². The minimum absolute atomic E-state index is 0.128. The van der Waals surface area contributed by atoms with E-state index >= 15 is 0 Å². The maximum atomic E-state index is 12.8. The van der Waals surface area contributed by atoms with Crippen LogP contribution in [0.2, 0.25) is 0 Å². The number of nitriles is 1. The number of carbonyl (C=O) groups is 1. The molecule has 2 heterocycles. The first-order chi connectivity index (χ1) is 15.8. The molecule has 1 saturated heterocycles. The van der Waals surface area contributed by atoms with Gasteiger partial charge in [0.05, 0.1) is 6.20 Å². The zero-order chi connectivity index (χ0) is 23.4. The lowest BCUT2D eigenvalue weighted by Crippen LogP contribution is -2.38. The molecule has 174 valence electrons. The van der Waals surface area contributed by atoms with Gasteiger partial charge in [-0.05, 0) is 54.4 Å². The summed E-state index contributed by atoms with van der Waals surface area (Å²) in [5.74, 6) is 1.30. The summed E-state index contributed by atoms with van der Waals surface area (Å²) in [7, 11) is -0.661. The van der Waals surface area contributed by atoms with Gasteiger partial charge in [0.1, 0.15) is 11.8 Å². The maximum Gasteiger partial charge on any atom is 0.291 e. The van der Waals surface area contributed by atoms with Crippen molar-refractivity contribution in [1.29, 1.82) is 5.26 Å². The van der Waals surface area contributed by atoms with Crippen molar-refractivity contribution in [2.75, 3.05) is 36.5 Å². The summed E-state index contributed by atoms with van der Waals surface area (Å²) in [6.07, 6.45) is 7.66. The molecule has 7 nitrogen and oxygen atoms in total. The average Bonchev–Trinajstić information content (AvgIpc) is 3.29. The van der Waals surface area contributed by atoms with E-state index in [9.17, 15) is 9.00 Å². The Morgan fingerprint density at radius 2 is 2.12 bits per heavy atom. The topological polar surface area (TPSA) is 102 Å². The standard InChI is InChI=1S/C25H31N5O2S/c1-25(2)8-5-19(6-9-25)21-15-18(7-10-30-11-13-33(32)14-12-30)3-4-22(21)29-24(31)23-27-17-20(16-26)28-23/h3-5,15,17H,6-14H2,1-2H3,(H,27,28)(H,29,31). The van der Waals surface area contributed by atoms with Crippen LogP contribution in [0.1, 0.15) is 60.5 Å². The van der Waals surface area contributed by atoms with Crippen LogP contribution in [0.5, 0.6) is 0 Å². The van der Waals surface area contributed by atoms with Gasteiger partial charge in [0, 0.05) is 53.2 Å². The first-order valence-electron chi connectivity index (χ1n) is 11.5. The summed E-state index contributed by atoms with van der Waals surface area (Å²) < 4.78 is 11.6. The Labute approximate surface area is 197 Å². The molecule has 1 aliphatic carbocycles. The Balaban J connectivity index is 1.54. The van der Waals surface area contributed by atoms with E-state index in [-0.39, 0.29) is 17.4 Å². The number of nitrogens with zero attached hydrogens (tertiary/aromatic N) is 3. The fraction of sp³-hybridized carbons (Fsp3) is 0.480. The van der Waals surface area contributed by atoms with Crippen LogP contribution in [0.3, 0.4) is 0 Å². The molecule has 4 rings (SSSR count). The van der Waals surface area contributed by atoms with Gasteiger partial charge in [0.2, 0.25) is 0 Å². The zero-order valence-corrected chi connectivity index (χ0v) is 20.1. The molecule has 0 atom stereocenters. The Hall–Kier alpha value is -2.76. The number of H-pyrrole nitrogens is 1. The smallest absolute Gasteiger partial charge is 0.291 e. The van der Waals surface area contributed by atoms with E-state index in [1.807, 2.05) is 12.1 Å². The number of benzene rings is 1. The molecular formula is C25H31N5O2S. The molecular weight excluding hydrogens is 434 g/mol. The van der Waals surface area contributed by atoms with E-state index in [1.165, 1.54) is 17.3 Å². The monoisotopic (exact) mass is 465 g/mol. The Morgan fingerprint density at radius 3 is 2.79 bits per heavy atom. The summed E-state index contributed by atoms with van der Waals surface area (Å²) in [6.45, 7) is 7.30. The van der Waals surface area contributed by atoms with Crippen molar-refractivity contribution in [2.24, 2.45) is 5.41 Å². The van der Waals surface area contributed by atoms with Crippen molar-refractivity contribution in [3.05, 3.63) is 53.1 Å². The van der Waals surface area contributed by atoms with Gasteiger partial charge in [-0.15, -0.1) is 0 Å². The largest absolute Gasteiger partial charge is 0.326 e. The number of hydrogen-bond donors (Lipinski definition) is 2. The molecule has 33 heavy (non-hydrogen) atoms. The minimum atomic E-state index is -0.661. The van der Waals surface area contributed by atoms with E-state index in [1.54, 1.807) is 0 Å². The highest BCUT2D eigenvalue weighted by Gasteiger charge is 2.24. The average molecular weight is 466 g/mol. The number of anilines is 1. The summed E-state index contributed by atoms with van der Waals surface area (Å²) in [6, 6.07) is 8.20. The SMILES string of the molecule is CC1(C)CC=C(c2cc(CCN3CCS(=O)CC3)ccc2NC(=O)c2ncc(C#N)[nH]2)CC1. The third kappa shape index (κ3) is 5.98. The molecule has 2 N–H and O–H groups in total. The highest BCUT2D eigenvalue weighted by Crippen LogP contribution is 2.40. The number of amides is 1. The van der Waals surface area contributed by atoms with Crippen LogP contribution in [0.25, 0.3) is 5.57 Å². The first kappa shape index (κ1) is 23.4. The van der Waals surface area contributed by atoms with Gasteiger partial charge >= 0.3 is 0 Å². The van der Waals surface area contributed by atoms with Crippen LogP contribution in [0.15, 0.2) is 30.5 Å². The first-order valence-corrected chi connectivity index (χ1v) is 13.0. The Bertz CT molecular complexity index is 1120. The van der Waals surface area contributed by atoms with Gasteiger partial charge in [-0.2, -0.15) is 5.26 Å². The van der Waals surface area contributed by atoms with E-state index in [4.69, 9.17) is 5.26 Å². The lowest BCUT2D eigenvalue weighted by Gasteiger charge is -2.29. The molecule has 0 spiro atoms.